The molecule has 0 bridgehead atoms. The molecule has 0 spiro atoms. The smallest absolute Gasteiger partial charge is 0.293 e. The average molecular weight is 376 g/mol. The molecular weight excluding hydrogens is 348 g/mol. The minimum absolute atomic E-state index is 0.0867. The fraction of sp³-hybridized carbons (Fsp3) is 0.579. The van der Waals surface area contributed by atoms with Gasteiger partial charge in [-0.05, 0) is 51.7 Å². The summed E-state index contributed by atoms with van der Waals surface area (Å²) in [5.41, 5.74) is 0.221. The van der Waals surface area contributed by atoms with Crippen LogP contribution in [0.2, 0.25) is 0 Å². The van der Waals surface area contributed by atoms with E-state index in [2.05, 4.69) is 17.6 Å². The number of carbonyl (C=O) groups is 2. The van der Waals surface area contributed by atoms with E-state index >= 15 is 0 Å². The lowest BCUT2D eigenvalue weighted by molar-refractivity contribution is -0.384. The highest BCUT2D eigenvalue weighted by atomic mass is 16.6. The van der Waals surface area contributed by atoms with E-state index in [9.17, 15) is 19.7 Å². The van der Waals surface area contributed by atoms with Crippen LogP contribution in [-0.2, 0) is 4.79 Å². The molecule has 2 amide bonds. The quantitative estimate of drug-likeness (QED) is 0.607. The van der Waals surface area contributed by atoms with Crippen LogP contribution >= 0.6 is 0 Å². The van der Waals surface area contributed by atoms with E-state index in [4.69, 9.17) is 0 Å². The van der Waals surface area contributed by atoms with Crippen LogP contribution in [0.1, 0.15) is 50.9 Å². The summed E-state index contributed by atoms with van der Waals surface area (Å²) in [6, 6.07) is 4.47. The third-order valence-corrected chi connectivity index (χ3v) is 4.48. The lowest BCUT2D eigenvalue weighted by Gasteiger charge is -2.31. The summed E-state index contributed by atoms with van der Waals surface area (Å²) in [6.07, 6.45) is 1.98. The highest BCUT2D eigenvalue weighted by molar-refractivity contribution is 5.97. The van der Waals surface area contributed by atoms with Gasteiger partial charge in [-0.1, -0.05) is 6.92 Å². The molecule has 1 heterocycles. The topological polar surface area (TPSA) is 105 Å². The van der Waals surface area contributed by atoms with Crippen LogP contribution in [0.3, 0.4) is 0 Å². The summed E-state index contributed by atoms with van der Waals surface area (Å²) in [4.78, 5) is 37.2. The van der Waals surface area contributed by atoms with E-state index in [1.54, 1.807) is 12.1 Å². The van der Waals surface area contributed by atoms with Crippen LogP contribution in [-0.4, -0.2) is 41.9 Å². The predicted octanol–water partition coefficient (Wildman–Crippen LogP) is 2.48. The zero-order chi connectivity index (χ0) is 20.2. The number of nitrogens with zero attached hydrogens (tertiary/aromatic N) is 2. The second-order valence-corrected chi connectivity index (χ2v) is 8.11. The normalized spacial score (nSPS) is 15.3. The molecule has 8 heteroatoms. The third-order valence-electron chi connectivity index (χ3n) is 4.48. The maximum atomic E-state index is 12.3. The molecule has 1 aliphatic rings. The van der Waals surface area contributed by atoms with Gasteiger partial charge in [0.2, 0.25) is 5.91 Å². The Morgan fingerprint density at radius 3 is 2.44 bits per heavy atom. The number of nitro benzene ring substituents is 1. The van der Waals surface area contributed by atoms with Crippen molar-refractivity contribution < 1.29 is 14.5 Å². The first-order valence-corrected chi connectivity index (χ1v) is 9.19. The van der Waals surface area contributed by atoms with Crippen LogP contribution in [0.5, 0.6) is 0 Å². The molecule has 0 radical (unpaired) electrons. The maximum Gasteiger partial charge on any atom is 0.293 e. The standard InChI is InChI=1S/C19H28N4O4/c1-13-7-9-22(10-8-13)15-6-5-14(11-16(15)23(26)27)18(25)20-12-17(24)21-19(2,3)4/h5-6,11,13H,7-10,12H2,1-4H3,(H,20,25)(H,21,24). The van der Waals surface area contributed by atoms with Crippen LogP contribution in [0, 0.1) is 16.0 Å². The van der Waals surface area contributed by atoms with E-state index in [-0.39, 0.29) is 23.7 Å². The van der Waals surface area contributed by atoms with Gasteiger partial charge in [0, 0.05) is 30.3 Å². The first-order chi connectivity index (χ1) is 12.6. The number of piperidine rings is 1. The molecule has 0 aromatic heterocycles. The van der Waals surface area contributed by atoms with Crippen LogP contribution in [0.4, 0.5) is 11.4 Å². The first-order valence-electron chi connectivity index (χ1n) is 9.19. The van der Waals surface area contributed by atoms with Gasteiger partial charge in [0.1, 0.15) is 5.69 Å². The summed E-state index contributed by atoms with van der Waals surface area (Å²) < 4.78 is 0. The Morgan fingerprint density at radius 2 is 1.89 bits per heavy atom. The molecule has 1 saturated heterocycles. The fourth-order valence-electron chi connectivity index (χ4n) is 3.05. The molecule has 2 N–H and O–H groups in total. The third kappa shape index (κ3) is 5.94. The molecule has 2 rings (SSSR count). The van der Waals surface area contributed by atoms with E-state index in [0.717, 1.165) is 25.9 Å². The molecule has 0 saturated carbocycles. The number of rotatable bonds is 5. The lowest BCUT2D eigenvalue weighted by atomic mass is 9.98. The van der Waals surface area contributed by atoms with Gasteiger partial charge in [0.25, 0.3) is 11.6 Å². The molecule has 0 aliphatic carbocycles. The largest absolute Gasteiger partial charge is 0.366 e. The van der Waals surface area contributed by atoms with E-state index in [0.29, 0.717) is 11.6 Å². The van der Waals surface area contributed by atoms with Crippen LogP contribution < -0.4 is 15.5 Å². The van der Waals surface area contributed by atoms with E-state index in [1.165, 1.54) is 6.07 Å². The maximum absolute atomic E-state index is 12.3. The van der Waals surface area contributed by atoms with Crippen molar-refractivity contribution in [2.45, 2.75) is 46.1 Å². The molecule has 1 aromatic rings. The number of nitrogens with one attached hydrogen (secondary N) is 2. The summed E-state index contributed by atoms with van der Waals surface area (Å²) in [5.74, 6) is -0.213. The Kier molecular flexibility index (Phi) is 6.41. The van der Waals surface area contributed by atoms with Crippen molar-refractivity contribution in [1.29, 1.82) is 0 Å². The molecule has 1 aromatic carbocycles. The van der Waals surface area contributed by atoms with Gasteiger partial charge in [0.05, 0.1) is 11.5 Å². The number of nitro groups is 1. The number of anilines is 1. The average Bonchev–Trinajstić information content (AvgIpc) is 2.58. The van der Waals surface area contributed by atoms with E-state index < -0.39 is 16.4 Å². The van der Waals surface area contributed by atoms with Crippen LogP contribution in [0.15, 0.2) is 18.2 Å². The van der Waals surface area contributed by atoms with Crippen molar-refractivity contribution in [3.63, 3.8) is 0 Å². The minimum Gasteiger partial charge on any atom is -0.366 e. The van der Waals surface area contributed by atoms with Gasteiger partial charge >= 0.3 is 0 Å². The molecular formula is C19H28N4O4. The Hall–Kier alpha value is -2.64. The molecule has 27 heavy (non-hydrogen) atoms. The van der Waals surface area contributed by atoms with Crippen molar-refractivity contribution in [2.24, 2.45) is 5.92 Å². The first kappa shape index (κ1) is 20.7. The van der Waals surface area contributed by atoms with Gasteiger partial charge < -0.3 is 15.5 Å². The van der Waals surface area contributed by atoms with Gasteiger partial charge in [0.15, 0.2) is 0 Å². The zero-order valence-corrected chi connectivity index (χ0v) is 16.4. The summed E-state index contributed by atoms with van der Waals surface area (Å²) in [6.45, 7) is 9.05. The van der Waals surface area contributed by atoms with Crippen molar-refractivity contribution in [3.05, 3.63) is 33.9 Å². The highest BCUT2D eigenvalue weighted by Gasteiger charge is 2.25. The second kappa shape index (κ2) is 8.37. The number of hydrogen-bond donors (Lipinski definition) is 2. The monoisotopic (exact) mass is 376 g/mol. The minimum atomic E-state index is -0.513. The summed E-state index contributed by atoms with van der Waals surface area (Å²) >= 11 is 0. The summed E-state index contributed by atoms with van der Waals surface area (Å²) in [7, 11) is 0. The van der Waals surface area contributed by atoms with Crippen molar-refractivity contribution in [2.75, 3.05) is 24.5 Å². The Morgan fingerprint density at radius 1 is 1.26 bits per heavy atom. The van der Waals surface area contributed by atoms with Gasteiger partial charge in [-0.3, -0.25) is 19.7 Å². The summed E-state index contributed by atoms with van der Waals surface area (Å²) in [5, 5.41) is 16.8. The SMILES string of the molecule is CC1CCN(c2ccc(C(=O)NCC(=O)NC(C)(C)C)cc2[N+](=O)[O-])CC1. The Bertz CT molecular complexity index is 719. The molecule has 1 aliphatic heterocycles. The zero-order valence-electron chi connectivity index (χ0n) is 16.4. The second-order valence-electron chi connectivity index (χ2n) is 8.11. The predicted molar refractivity (Wildman–Crippen MR) is 104 cm³/mol. The Labute approximate surface area is 159 Å². The molecule has 1 fully saturated rings. The molecule has 0 unspecified atom stereocenters. The molecule has 148 valence electrons. The fourth-order valence-corrected chi connectivity index (χ4v) is 3.05. The van der Waals surface area contributed by atoms with Gasteiger partial charge in [-0.25, -0.2) is 0 Å². The van der Waals surface area contributed by atoms with Crippen molar-refractivity contribution in [1.82, 2.24) is 10.6 Å². The highest BCUT2D eigenvalue weighted by Crippen LogP contribution is 2.32. The van der Waals surface area contributed by atoms with Crippen LogP contribution in [0.25, 0.3) is 0 Å². The molecule has 8 nitrogen and oxygen atoms in total. The molecule has 0 atom stereocenters. The lowest BCUT2D eigenvalue weighted by Crippen LogP contribution is -2.45. The van der Waals surface area contributed by atoms with Crippen molar-refractivity contribution >= 4 is 23.2 Å². The van der Waals surface area contributed by atoms with Crippen molar-refractivity contribution in [3.8, 4) is 0 Å². The number of hydrogen-bond acceptors (Lipinski definition) is 5. The van der Waals surface area contributed by atoms with Gasteiger partial charge in [-0.2, -0.15) is 0 Å². The number of benzene rings is 1. The van der Waals surface area contributed by atoms with Gasteiger partial charge in [-0.15, -0.1) is 0 Å². The Balaban J connectivity index is 2.09. The van der Waals surface area contributed by atoms with E-state index in [1.807, 2.05) is 25.7 Å². The number of carbonyl (C=O) groups excluding carboxylic acids is 2. The number of amides is 2.